The van der Waals surface area contributed by atoms with Crippen molar-refractivity contribution in [3.05, 3.63) is 20.2 Å². The van der Waals surface area contributed by atoms with Gasteiger partial charge in [-0.25, -0.2) is 0 Å². The van der Waals surface area contributed by atoms with Crippen LogP contribution in [-0.2, 0) is 6.54 Å². The van der Waals surface area contributed by atoms with Crippen molar-refractivity contribution in [2.24, 2.45) is 0 Å². The summed E-state index contributed by atoms with van der Waals surface area (Å²) in [4.78, 5) is 15.4. The van der Waals surface area contributed by atoms with Gasteiger partial charge < -0.3 is 10.3 Å². The number of thiazole rings is 1. The van der Waals surface area contributed by atoms with Gasteiger partial charge in [0, 0.05) is 23.0 Å². The Morgan fingerprint density at radius 1 is 1.62 bits per heavy atom. The van der Waals surface area contributed by atoms with Gasteiger partial charge in [-0.05, 0) is 19.4 Å². The highest BCUT2D eigenvalue weighted by atomic mass is 32.1. The number of hydrogen-bond acceptors (Lipinski definition) is 3. The fourth-order valence-electron chi connectivity index (χ4n) is 1.44. The largest absolute Gasteiger partial charge is 0.316 e. The molecular formula is C9H14N2OS. The van der Waals surface area contributed by atoms with Gasteiger partial charge >= 0.3 is 4.87 Å². The predicted molar refractivity (Wildman–Crippen MR) is 54.3 cm³/mol. The van der Waals surface area contributed by atoms with E-state index in [1.807, 2.05) is 0 Å². The summed E-state index contributed by atoms with van der Waals surface area (Å²) in [5.74, 6) is 0.646. The van der Waals surface area contributed by atoms with Crippen molar-refractivity contribution in [3.63, 3.8) is 0 Å². The van der Waals surface area contributed by atoms with Crippen LogP contribution >= 0.6 is 11.3 Å². The topological polar surface area (TPSA) is 44.9 Å². The third-order valence-electron chi connectivity index (χ3n) is 2.27. The van der Waals surface area contributed by atoms with Crippen molar-refractivity contribution >= 4 is 11.3 Å². The number of aromatic nitrogens is 1. The van der Waals surface area contributed by atoms with Crippen LogP contribution < -0.4 is 10.2 Å². The summed E-state index contributed by atoms with van der Waals surface area (Å²) < 4.78 is 0. The Bertz CT molecular complexity index is 338. The van der Waals surface area contributed by atoms with Crippen LogP contribution in [0.5, 0.6) is 0 Å². The second-order valence-electron chi connectivity index (χ2n) is 3.41. The van der Waals surface area contributed by atoms with Gasteiger partial charge in [0.15, 0.2) is 0 Å². The molecule has 0 aliphatic heterocycles. The van der Waals surface area contributed by atoms with Crippen molar-refractivity contribution in [2.75, 3.05) is 6.54 Å². The van der Waals surface area contributed by atoms with Gasteiger partial charge in [-0.2, -0.15) is 0 Å². The van der Waals surface area contributed by atoms with Gasteiger partial charge in [-0.3, -0.25) is 4.79 Å². The van der Waals surface area contributed by atoms with Gasteiger partial charge in [0.1, 0.15) is 0 Å². The number of hydrogen-bond donors (Lipinski definition) is 2. The van der Waals surface area contributed by atoms with Crippen LogP contribution in [0.25, 0.3) is 0 Å². The number of aromatic amines is 1. The molecule has 1 aromatic heterocycles. The van der Waals surface area contributed by atoms with Crippen LogP contribution in [-0.4, -0.2) is 11.5 Å². The fourth-order valence-corrected chi connectivity index (χ4v) is 2.33. The first-order valence-electron chi connectivity index (χ1n) is 4.74. The quantitative estimate of drug-likeness (QED) is 0.768. The summed E-state index contributed by atoms with van der Waals surface area (Å²) in [7, 11) is 0. The summed E-state index contributed by atoms with van der Waals surface area (Å²) in [6.45, 7) is 3.87. The molecule has 4 heteroatoms. The molecule has 2 N–H and O–H groups in total. The van der Waals surface area contributed by atoms with Crippen LogP contribution in [0.4, 0.5) is 0 Å². The maximum absolute atomic E-state index is 11.1. The van der Waals surface area contributed by atoms with E-state index in [-0.39, 0.29) is 4.87 Å². The highest BCUT2D eigenvalue weighted by Gasteiger charge is 2.28. The molecule has 0 atom stereocenters. The Morgan fingerprint density at radius 3 is 3.00 bits per heavy atom. The van der Waals surface area contributed by atoms with Crippen LogP contribution in [0.1, 0.15) is 36.3 Å². The summed E-state index contributed by atoms with van der Waals surface area (Å²) in [6, 6.07) is 0. The normalized spacial score (nSPS) is 16.4. The van der Waals surface area contributed by atoms with E-state index in [2.05, 4.69) is 17.2 Å². The molecule has 0 saturated heterocycles. The fraction of sp³-hybridized carbons (Fsp3) is 0.667. The summed E-state index contributed by atoms with van der Waals surface area (Å²) in [5, 5.41) is 3.25. The Labute approximate surface area is 81.2 Å². The molecule has 1 aliphatic rings. The number of H-pyrrole nitrogens is 1. The lowest BCUT2D eigenvalue weighted by Crippen LogP contribution is -2.11. The van der Waals surface area contributed by atoms with E-state index in [1.165, 1.54) is 34.7 Å². The minimum absolute atomic E-state index is 0.0924. The summed E-state index contributed by atoms with van der Waals surface area (Å²) >= 11 is 1.35. The average molecular weight is 198 g/mol. The Morgan fingerprint density at radius 2 is 2.38 bits per heavy atom. The lowest BCUT2D eigenvalue weighted by Gasteiger charge is -2.00. The van der Waals surface area contributed by atoms with E-state index in [1.54, 1.807) is 0 Å². The first-order chi connectivity index (χ1) is 6.31. The zero-order valence-corrected chi connectivity index (χ0v) is 8.54. The molecule has 2 rings (SSSR count). The predicted octanol–water partition coefficient (Wildman–Crippen LogP) is 1.42. The van der Waals surface area contributed by atoms with Crippen molar-refractivity contribution in [1.82, 2.24) is 10.3 Å². The van der Waals surface area contributed by atoms with E-state index >= 15 is 0 Å². The molecule has 3 nitrogen and oxygen atoms in total. The van der Waals surface area contributed by atoms with Crippen molar-refractivity contribution < 1.29 is 0 Å². The zero-order valence-electron chi connectivity index (χ0n) is 7.72. The Balaban J connectivity index is 2.16. The lowest BCUT2D eigenvalue weighted by molar-refractivity contribution is 0.726. The van der Waals surface area contributed by atoms with Gasteiger partial charge in [-0.1, -0.05) is 18.3 Å². The standard InChI is InChI=1S/C9H14N2OS/c1-2-10-5-7-8(6-3-4-6)11-9(12)13-7/h6,10H,2-5H2,1H3,(H,11,12). The molecule has 1 heterocycles. The maximum atomic E-state index is 11.1. The van der Waals surface area contributed by atoms with Crippen molar-refractivity contribution in [1.29, 1.82) is 0 Å². The summed E-state index contributed by atoms with van der Waals surface area (Å²) in [5.41, 5.74) is 1.19. The Kier molecular flexibility index (Phi) is 2.51. The third kappa shape index (κ3) is 2.00. The molecule has 1 saturated carbocycles. The molecule has 0 unspecified atom stereocenters. The highest BCUT2D eigenvalue weighted by molar-refractivity contribution is 7.09. The molecular weight excluding hydrogens is 184 g/mol. The van der Waals surface area contributed by atoms with E-state index in [9.17, 15) is 4.79 Å². The molecule has 0 aromatic carbocycles. The molecule has 1 fully saturated rings. The maximum Gasteiger partial charge on any atom is 0.304 e. The zero-order chi connectivity index (χ0) is 9.26. The minimum atomic E-state index is 0.0924. The second-order valence-corrected chi connectivity index (χ2v) is 4.47. The summed E-state index contributed by atoms with van der Waals surface area (Å²) in [6.07, 6.45) is 2.48. The smallest absolute Gasteiger partial charge is 0.304 e. The van der Waals surface area contributed by atoms with Gasteiger partial charge in [0.25, 0.3) is 0 Å². The second kappa shape index (κ2) is 3.64. The molecule has 0 spiro atoms. The first kappa shape index (κ1) is 8.97. The SMILES string of the molecule is CCNCc1sc(=O)[nH]c1C1CC1. The van der Waals surface area contributed by atoms with Gasteiger partial charge in [0.2, 0.25) is 0 Å². The average Bonchev–Trinajstić information content (AvgIpc) is 2.88. The minimum Gasteiger partial charge on any atom is -0.316 e. The van der Waals surface area contributed by atoms with E-state index in [4.69, 9.17) is 0 Å². The molecule has 0 amide bonds. The first-order valence-corrected chi connectivity index (χ1v) is 5.55. The highest BCUT2D eigenvalue weighted by Crippen LogP contribution is 2.40. The monoisotopic (exact) mass is 198 g/mol. The molecule has 13 heavy (non-hydrogen) atoms. The van der Waals surface area contributed by atoms with E-state index < -0.39 is 0 Å². The van der Waals surface area contributed by atoms with Crippen LogP contribution in [0.2, 0.25) is 0 Å². The number of rotatable bonds is 4. The van der Waals surface area contributed by atoms with Crippen LogP contribution in [0.3, 0.4) is 0 Å². The van der Waals surface area contributed by atoms with Crippen molar-refractivity contribution in [3.8, 4) is 0 Å². The van der Waals surface area contributed by atoms with Crippen LogP contribution in [0, 0.1) is 0 Å². The molecule has 72 valence electrons. The van der Waals surface area contributed by atoms with Crippen LogP contribution in [0.15, 0.2) is 4.79 Å². The Hall–Kier alpha value is -0.610. The van der Waals surface area contributed by atoms with E-state index in [0.29, 0.717) is 5.92 Å². The molecule has 1 aliphatic carbocycles. The molecule has 1 aromatic rings. The lowest BCUT2D eigenvalue weighted by atomic mass is 10.2. The van der Waals surface area contributed by atoms with Gasteiger partial charge in [-0.15, -0.1) is 0 Å². The van der Waals surface area contributed by atoms with E-state index in [0.717, 1.165) is 13.1 Å². The molecule has 0 radical (unpaired) electrons. The van der Waals surface area contributed by atoms with Crippen molar-refractivity contribution in [2.45, 2.75) is 32.2 Å². The molecule has 0 bridgehead atoms. The number of nitrogens with one attached hydrogen (secondary N) is 2. The third-order valence-corrected chi connectivity index (χ3v) is 3.17. The van der Waals surface area contributed by atoms with Gasteiger partial charge in [0.05, 0.1) is 0 Å².